The van der Waals surface area contributed by atoms with Crippen molar-refractivity contribution in [2.45, 2.75) is 5.32 Å². The first-order valence-electron chi connectivity index (χ1n) is 3.08. The van der Waals surface area contributed by atoms with Gasteiger partial charge in [0.25, 0.3) is 0 Å². The van der Waals surface area contributed by atoms with Crippen molar-refractivity contribution < 1.29 is 0 Å². The van der Waals surface area contributed by atoms with Crippen LogP contribution in [0.5, 0.6) is 0 Å². The van der Waals surface area contributed by atoms with Crippen molar-refractivity contribution in [3.63, 3.8) is 0 Å². The Kier molecular flexibility index (Phi) is 3.20. The molecule has 0 aliphatic carbocycles. The maximum atomic E-state index is 4.20. The normalized spacial score (nSPS) is 9.20. The van der Waals surface area contributed by atoms with Crippen LogP contribution in [0.15, 0.2) is 37.1 Å². The van der Waals surface area contributed by atoms with Crippen molar-refractivity contribution >= 4 is 19.5 Å². The van der Waals surface area contributed by atoms with E-state index in [1.165, 1.54) is 4.59 Å². The summed E-state index contributed by atoms with van der Waals surface area (Å²) in [4.78, 5) is 4.20. The van der Waals surface area contributed by atoms with Crippen LogP contribution in [-0.2, 0) is 0 Å². The van der Waals surface area contributed by atoms with E-state index in [4.69, 9.17) is 0 Å². The molecule has 0 radical (unpaired) electrons. The minimum atomic E-state index is 0.489. The van der Waals surface area contributed by atoms with Crippen LogP contribution in [0.1, 0.15) is 0 Å². The van der Waals surface area contributed by atoms with Gasteiger partial charge in [-0.25, -0.2) is 0 Å². The van der Waals surface area contributed by atoms with Crippen LogP contribution in [-0.4, -0.2) is 19.9 Å². The van der Waals surface area contributed by atoms with Gasteiger partial charge in [-0.3, -0.25) is 0 Å². The zero-order valence-electron chi connectivity index (χ0n) is 5.66. The van der Waals surface area contributed by atoms with Gasteiger partial charge in [0.15, 0.2) is 0 Å². The standard InChI is InChI=1S/C8H9NSe/c1-2-7-10-8-5-3-4-6-9-8/h2-6H,1,7H2. The van der Waals surface area contributed by atoms with Crippen LogP contribution >= 0.6 is 0 Å². The van der Waals surface area contributed by atoms with Gasteiger partial charge in [-0.05, 0) is 0 Å². The first kappa shape index (κ1) is 7.52. The van der Waals surface area contributed by atoms with Gasteiger partial charge in [0.05, 0.1) is 0 Å². The van der Waals surface area contributed by atoms with Gasteiger partial charge in [0, 0.05) is 0 Å². The fourth-order valence-electron chi connectivity index (χ4n) is 0.577. The molecule has 0 aliphatic rings. The molecule has 2 heteroatoms. The summed E-state index contributed by atoms with van der Waals surface area (Å²) < 4.78 is 1.20. The van der Waals surface area contributed by atoms with Gasteiger partial charge in [0.2, 0.25) is 0 Å². The Hall–Kier alpha value is -0.591. The summed E-state index contributed by atoms with van der Waals surface area (Å²) in [5, 5.41) is 1.07. The third-order valence-corrected chi connectivity index (χ3v) is 2.96. The number of allylic oxidation sites excluding steroid dienone is 1. The quantitative estimate of drug-likeness (QED) is 0.522. The third-order valence-electron chi connectivity index (χ3n) is 0.987. The minimum absolute atomic E-state index is 0.489. The Morgan fingerprint density at radius 3 is 3.10 bits per heavy atom. The summed E-state index contributed by atoms with van der Waals surface area (Å²) in [6.45, 7) is 3.66. The molecule has 0 fully saturated rings. The van der Waals surface area contributed by atoms with E-state index in [1.54, 1.807) is 0 Å². The van der Waals surface area contributed by atoms with E-state index in [-0.39, 0.29) is 0 Å². The molecular formula is C8H9NSe. The molecule has 0 spiro atoms. The molecule has 1 nitrogen and oxygen atoms in total. The SMILES string of the molecule is C=CC[Se]c1ccccn1. The van der Waals surface area contributed by atoms with E-state index in [1.807, 2.05) is 24.4 Å². The van der Waals surface area contributed by atoms with E-state index >= 15 is 0 Å². The third kappa shape index (κ3) is 2.34. The molecule has 10 heavy (non-hydrogen) atoms. The Morgan fingerprint density at radius 2 is 2.50 bits per heavy atom. The Balaban J connectivity index is 2.50. The van der Waals surface area contributed by atoms with Crippen molar-refractivity contribution in [2.24, 2.45) is 0 Å². The number of hydrogen-bond acceptors (Lipinski definition) is 1. The van der Waals surface area contributed by atoms with Crippen molar-refractivity contribution in [3.05, 3.63) is 37.1 Å². The molecule has 0 amide bonds. The van der Waals surface area contributed by atoms with Crippen molar-refractivity contribution in [2.75, 3.05) is 0 Å². The van der Waals surface area contributed by atoms with Gasteiger partial charge >= 0.3 is 66.9 Å². The Labute approximate surface area is 67.3 Å². The van der Waals surface area contributed by atoms with Gasteiger partial charge < -0.3 is 0 Å². The number of pyridine rings is 1. The fourth-order valence-corrected chi connectivity index (χ4v) is 1.83. The zero-order valence-corrected chi connectivity index (χ0v) is 7.37. The van der Waals surface area contributed by atoms with Crippen LogP contribution in [0.3, 0.4) is 0 Å². The van der Waals surface area contributed by atoms with Crippen LogP contribution in [0, 0.1) is 0 Å². The van der Waals surface area contributed by atoms with Crippen molar-refractivity contribution in [3.8, 4) is 0 Å². The van der Waals surface area contributed by atoms with E-state index < -0.39 is 0 Å². The summed E-state index contributed by atoms with van der Waals surface area (Å²) >= 11 is 0.489. The number of hydrogen-bond donors (Lipinski definition) is 0. The van der Waals surface area contributed by atoms with E-state index in [0.717, 1.165) is 5.32 Å². The predicted octanol–water partition coefficient (Wildman–Crippen LogP) is 1.02. The molecule has 0 aliphatic heterocycles. The number of nitrogens with zero attached hydrogens (tertiary/aromatic N) is 1. The van der Waals surface area contributed by atoms with Crippen LogP contribution in [0.4, 0.5) is 0 Å². The van der Waals surface area contributed by atoms with Gasteiger partial charge in [-0.2, -0.15) is 0 Å². The average molecular weight is 198 g/mol. The van der Waals surface area contributed by atoms with E-state index in [2.05, 4.69) is 17.6 Å². The van der Waals surface area contributed by atoms with E-state index in [9.17, 15) is 0 Å². The molecule has 1 aromatic rings. The van der Waals surface area contributed by atoms with Crippen molar-refractivity contribution in [1.29, 1.82) is 0 Å². The molecule has 0 bridgehead atoms. The average Bonchev–Trinajstić information content (AvgIpc) is 2.03. The van der Waals surface area contributed by atoms with Gasteiger partial charge in [-0.1, -0.05) is 0 Å². The summed E-state index contributed by atoms with van der Waals surface area (Å²) in [5.74, 6) is 0. The number of rotatable bonds is 3. The molecule has 1 rings (SSSR count). The summed E-state index contributed by atoms with van der Waals surface area (Å²) in [6, 6.07) is 6.02. The van der Waals surface area contributed by atoms with Gasteiger partial charge in [0.1, 0.15) is 0 Å². The molecule has 52 valence electrons. The summed E-state index contributed by atoms with van der Waals surface area (Å²) in [7, 11) is 0. The molecule has 1 aromatic heterocycles. The first-order chi connectivity index (χ1) is 4.93. The second kappa shape index (κ2) is 4.26. The van der Waals surface area contributed by atoms with Crippen molar-refractivity contribution in [1.82, 2.24) is 4.98 Å². The Bertz CT molecular complexity index is 196. The van der Waals surface area contributed by atoms with Crippen LogP contribution in [0.25, 0.3) is 0 Å². The first-order valence-corrected chi connectivity index (χ1v) is 5.15. The molecule has 0 saturated heterocycles. The monoisotopic (exact) mass is 199 g/mol. The second-order valence-corrected chi connectivity index (χ2v) is 3.95. The Morgan fingerprint density at radius 1 is 1.60 bits per heavy atom. The molecule has 0 aromatic carbocycles. The number of aromatic nitrogens is 1. The molecule has 0 unspecified atom stereocenters. The summed E-state index contributed by atoms with van der Waals surface area (Å²) in [5.41, 5.74) is 0. The second-order valence-electron chi connectivity index (χ2n) is 1.77. The predicted molar refractivity (Wildman–Crippen MR) is 44.6 cm³/mol. The molecule has 0 saturated carbocycles. The summed E-state index contributed by atoms with van der Waals surface area (Å²) in [6.07, 6.45) is 3.77. The molecule has 1 heterocycles. The molecule has 0 N–H and O–H groups in total. The molecular weight excluding hydrogens is 189 g/mol. The topological polar surface area (TPSA) is 12.9 Å². The van der Waals surface area contributed by atoms with Gasteiger partial charge in [-0.15, -0.1) is 0 Å². The zero-order chi connectivity index (χ0) is 7.23. The maximum absolute atomic E-state index is 4.20. The van der Waals surface area contributed by atoms with Crippen LogP contribution < -0.4 is 4.59 Å². The van der Waals surface area contributed by atoms with E-state index in [0.29, 0.717) is 15.0 Å². The van der Waals surface area contributed by atoms with Crippen LogP contribution in [0.2, 0.25) is 5.32 Å². The fraction of sp³-hybridized carbons (Fsp3) is 0.125. The molecule has 0 atom stereocenters.